The number of hydrogen-bond donors (Lipinski definition) is 1. The number of nitrogens with one attached hydrogen (secondary N) is 1. The Morgan fingerprint density at radius 3 is 2.50 bits per heavy atom. The molecule has 3 aromatic carbocycles. The Morgan fingerprint density at radius 1 is 1.03 bits per heavy atom. The molecule has 0 atom stereocenters. The van der Waals surface area contributed by atoms with Gasteiger partial charge in [0.2, 0.25) is 11.7 Å². The summed E-state index contributed by atoms with van der Waals surface area (Å²) in [5, 5.41) is 7.38. The molecule has 0 aliphatic rings. The summed E-state index contributed by atoms with van der Waals surface area (Å²) in [6.45, 7) is 0.107. The molecule has 4 aromatic rings. The highest BCUT2D eigenvalue weighted by atomic mass is 35.5. The van der Waals surface area contributed by atoms with Gasteiger partial charge in [0, 0.05) is 11.3 Å². The molecule has 0 spiro atoms. The van der Waals surface area contributed by atoms with Crippen LogP contribution in [-0.2, 0) is 17.8 Å². The highest BCUT2D eigenvalue weighted by Crippen LogP contribution is 2.24. The number of hydrogen-bond acceptors (Lipinski definition) is 6. The molecule has 7 nitrogen and oxygen atoms in total. The molecule has 0 aliphatic heterocycles. The lowest BCUT2D eigenvalue weighted by Crippen LogP contribution is -2.14. The smallest absolute Gasteiger partial charge is 0.264 e. The van der Waals surface area contributed by atoms with Gasteiger partial charge in [-0.1, -0.05) is 41.0 Å². The van der Waals surface area contributed by atoms with Crippen LogP contribution < -0.4 is 14.8 Å². The number of aromatic nitrogens is 2. The van der Waals surface area contributed by atoms with E-state index in [1.54, 1.807) is 31.4 Å². The number of benzene rings is 3. The Kier molecular flexibility index (Phi) is 6.67. The van der Waals surface area contributed by atoms with E-state index in [1.807, 2.05) is 48.5 Å². The Balaban J connectivity index is 1.33. The van der Waals surface area contributed by atoms with E-state index in [2.05, 4.69) is 15.5 Å². The zero-order valence-corrected chi connectivity index (χ0v) is 18.0. The van der Waals surface area contributed by atoms with Crippen LogP contribution in [0.4, 0.5) is 5.69 Å². The van der Waals surface area contributed by atoms with Gasteiger partial charge in [0.05, 0.1) is 18.6 Å². The van der Waals surface area contributed by atoms with Gasteiger partial charge in [0.25, 0.3) is 5.89 Å². The Morgan fingerprint density at radius 2 is 1.78 bits per heavy atom. The molecular formula is C24H20ClN3O4. The normalized spacial score (nSPS) is 10.6. The number of methoxy groups -OCH3 is 1. The van der Waals surface area contributed by atoms with Crippen molar-refractivity contribution in [2.75, 3.05) is 12.4 Å². The minimum Gasteiger partial charge on any atom is -0.497 e. The summed E-state index contributed by atoms with van der Waals surface area (Å²) in [5.74, 6) is 1.95. The van der Waals surface area contributed by atoms with Crippen LogP contribution in [0.5, 0.6) is 11.5 Å². The number of rotatable bonds is 8. The molecular weight excluding hydrogens is 430 g/mol. The number of carbonyl (C=O) groups excluding carboxylic acids is 1. The molecule has 1 aromatic heterocycles. The second kappa shape index (κ2) is 9.98. The molecule has 4 rings (SSSR count). The fourth-order valence-electron chi connectivity index (χ4n) is 2.97. The van der Waals surface area contributed by atoms with Crippen molar-refractivity contribution in [3.8, 4) is 22.9 Å². The number of ether oxygens (including phenoxy) is 2. The molecule has 1 heterocycles. The van der Waals surface area contributed by atoms with E-state index in [0.717, 1.165) is 16.9 Å². The van der Waals surface area contributed by atoms with Gasteiger partial charge < -0.3 is 19.3 Å². The van der Waals surface area contributed by atoms with Gasteiger partial charge in [-0.05, 0) is 54.1 Å². The molecule has 1 N–H and O–H groups in total. The third kappa shape index (κ3) is 5.44. The molecule has 162 valence electrons. The van der Waals surface area contributed by atoms with Crippen molar-refractivity contribution >= 4 is 23.2 Å². The molecule has 0 fully saturated rings. The van der Waals surface area contributed by atoms with Gasteiger partial charge >= 0.3 is 0 Å². The lowest BCUT2D eigenvalue weighted by molar-refractivity contribution is -0.115. The molecule has 0 radical (unpaired) electrons. The summed E-state index contributed by atoms with van der Waals surface area (Å²) in [6, 6.07) is 21.8. The van der Waals surface area contributed by atoms with Gasteiger partial charge in [0.1, 0.15) is 11.5 Å². The van der Waals surface area contributed by atoms with E-state index in [1.165, 1.54) is 0 Å². The molecule has 0 unspecified atom stereocenters. The first-order valence-electron chi connectivity index (χ1n) is 9.84. The van der Waals surface area contributed by atoms with Gasteiger partial charge in [-0.3, -0.25) is 4.79 Å². The fourth-order valence-corrected chi connectivity index (χ4v) is 3.16. The molecule has 0 saturated heterocycles. The summed E-state index contributed by atoms with van der Waals surface area (Å²) in [6.07, 6.45) is 0.269. The molecule has 0 aliphatic carbocycles. The number of carbonyl (C=O) groups is 1. The van der Waals surface area contributed by atoms with E-state index in [4.69, 9.17) is 25.6 Å². The Hall–Kier alpha value is -3.84. The Bertz CT molecular complexity index is 1190. The van der Waals surface area contributed by atoms with E-state index < -0.39 is 0 Å². The molecule has 32 heavy (non-hydrogen) atoms. The van der Waals surface area contributed by atoms with Crippen LogP contribution in [0.25, 0.3) is 11.4 Å². The van der Waals surface area contributed by atoms with Crippen LogP contribution >= 0.6 is 11.6 Å². The fraction of sp³-hybridized carbons (Fsp3) is 0.125. The van der Waals surface area contributed by atoms with Gasteiger partial charge in [-0.2, -0.15) is 4.98 Å². The van der Waals surface area contributed by atoms with Crippen molar-refractivity contribution in [3.63, 3.8) is 0 Å². The largest absolute Gasteiger partial charge is 0.497 e. The molecule has 8 heteroatoms. The number of anilines is 1. The van der Waals surface area contributed by atoms with Crippen molar-refractivity contribution in [3.05, 3.63) is 89.3 Å². The maximum absolute atomic E-state index is 12.3. The Labute approximate surface area is 189 Å². The van der Waals surface area contributed by atoms with Crippen molar-refractivity contribution < 1.29 is 18.8 Å². The van der Waals surface area contributed by atoms with Crippen LogP contribution in [0.2, 0.25) is 5.02 Å². The predicted molar refractivity (Wildman–Crippen MR) is 121 cm³/mol. The maximum atomic E-state index is 12.3. The number of para-hydroxylation sites is 1. The third-order valence-electron chi connectivity index (χ3n) is 4.61. The summed E-state index contributed by atoms with van der Waals surface area (Å²) < 4.78 is 16.0. The third-order valence-corrected chi connectivity index (χ3v) is 4.92. The molecule has 1 amide bonds. The van der Waals surface area contributed by atoms with Gasteiger partial charge in [-0.15, -0.1) is 0 Å². The van der Waals surface area contributed by atoms with E-state index in [9.17, 15) is 4.79 Å². The summed E-state index contributed by atoms with van der Waals surface area (Å²) >= 11 is 6.07. The second-order valence-electron chi connectivity index (χ2n) is 6.88. The lowest BCUT2D eigenvalue weighted by Gasteiger charge is -2.06. The summed E-state index contributed by atoms with van der Waals surface area (Å²) in [7, 11) is 1.61. The maximum Gasteiger partial charge on any atom is 0.264 e. The van der Waals surface area contributed by atoms with Crippen LogP contribution in [0.1, 0.15) is 11.5 Å². The number of amides is 1. The SMILES string of the molecule is COc1ccc(CC(=O)Nc2ccc(-c3noc(COc4ccccc4Cl)n3)cc2)cc1. The first-order chi connectivity index (χ1) is 15.6. The van der Waals surface area contributed by atoms with E-state index in [-0.39, 0.29) is 18.9 Å². The summed E-state index contributed by atoms with van der Waals surface area (Å²) in [5.41, 5.74) is 2.34. The highest BCUT2D eigenvalue weighted by molar-refractivity contribution is 6.32. The van der Waals surface area contributed by atoms with Crippen LogP contribution in [-0.4, -0.2) is 23.2 Å². The average Bonchev–Trinajstić information content (AvgIpc) is 3.28. The predicted octanol–water partition coefficient (Wildman–Crippen LogP) is 5.16. The van der Waals surface area contributed by atoms with Crippen molar-refractivity contribution in [2.24, 2.45) is 0 Å². The standard InChI is InChI=1S/C24H20ClN3O4/c1-30-19-12-6-16(7-13-19)14-22(29)26-18-10-8-17(9-11-18)24-27-23(32-28-24)15-31-21-5-3-2-4-20(21)25/h2-13H,14-15H2,1H3,(H,26,29). The van der Waals surface area contributed by atoms with Gasteiger partial charge in [0.15, 0.2) is 6.61 Å². The minimum absolute atomic E-state index is 0.107. The zero-order valence-electron chi connectivity index (χ0n) is 17.2. The van der Waals surface area contributed by atoms with Crippen LogP contribution in [0.3, 0.4) is 0 Å². The number of halogens is 1. The number of nitrogens with zero attached hydrogens (tertiary/aromatic N) is 2. The quantitative estimate of drug-likeness (QED) is 0.400. The van der Waals surface area contributed by atoms with E-state index in [0.29, 0.717) is 28.2 Å². The topological polar surface area (TPSA) is 86.5 Å². The van der Waals surface area contributed by atoms with Gasteiger partial charge in [-0.25, -0.2) is 0 Å². The first kappa shape index (κ1) is 21.4. The van der Waals surface area contributed by atoms with Crippen molar-refractivity contribution in [1.29, 1.82) is 0 Å². The average molecular weight is 450 g/mol. The highest BCUT2D eigenvalue weighted by Gasteiger charge is 2.11. The first-order valence-corrected chi connectivity index (χ1v) is 10.2. The van der Waals surface area contributed by atoms with E-state index >= 15 is 0 Å². The monoisotopic (exact) mass is 449 g/mol. The van der Waals surface area contributed by atoms with Crippen LogP contribution in [0.15, 0.2) is 77.3 Å². The molecule has 0 saturated carbocycles. The second-order valence-corrected chi connectivity index (χ2v) is 7.29. The van der Waals surface area contributed by atoms with Crippen LogP contribution in [0, 0.1) is 0 Å². The van der Waals surface area contributed by atoms with Crippen molar-refractivity contribution in [2.45, 2.75) is 13.0 Å². The summed E-state index contributed by atoms with van der Waals surface area (Å²) in [4.78, 5) is 16.6. The van der Waals surface area contributed by atoms with Crippen molar-refractivity contribution in [1.82, 2.24) is 10.1 Å². The minimum atomic E-state index is -0.110. The molecule has 0 bridgehead atoms. The lowest BCUT2D eigenvalue weighted by atomic mass is 10.1. The zero-order chi connectivity index (χ0) is 22.3.